The molecule has 3 aromatic heterocycles. The molecule has 0 aliphatic heterocycles. The Morgan fingerprint density at radius 3 is 0.978 bits per heavy atom. The van der Waals surface area contributed by atoms with Crippen LogP contribution in [0.4, 0.5) is 0 Å². The molecule has 0 spiro atoms. The second-order valence-corrected chi connectivity index (χ2v) is 29.3. The number of aromatic nitrogens is 3. The van der Waals surface area contributed by atoms with E-state index in [0.717, 1.165) is 67.1 Å². The molecular weight excluding hydrogens is 1110 g/mol. The van der Waals surface area contributed by atoms with Gasteiger partial charge in [-0.3, -0.25) is 0 Å². The van der Waals surface area contributed by atoms with Crippen LogP contribution in [-0.4, -0.2) is 0 Å². The highest BCUT2D eigenvalue weighted by atomic mass is 14.9. The third-order valence-electron chi connectivity index (χ3n) is 23.5. The Morgan fingerprint density at radius 1 is 0.272 bits per heavy atom. The van der Waals surface area contributed by atoms with Gasteiger partial charge in [-0.2, -0.15) is 0 Å². The van der Waals surface area contributed by atoms with Gasteiger partial charge in [0, 0.05) is 54.3 Å². The van der Waals surface area contributed by atoms with Crippen molar-refractivity contribution in [1.29, 1.82) is 0 Å². The molecule has 9 aromatic rings. The highest BCUT2D eigenvalue weighted by Crippen LogP contribution is 2.49. The van der Waals surface area contributed by atoms with E-state index in [2.05, 4.69) is 256 Å². The van der Waals surface area contributed by atoms with Crippen LogP contribution >= 0.6 is 0 Å². The summed E-state index contributed by atoms with van der Waals surface area (Å²) in [6.07, 6.45) is 37.5. The molecule has 0 saturated heterocycles. The molecule has 92 heavy (non-hydrogen) atoms. The summed E-state index contributed by atoms with van der Waals surface area (Å²) in [5.74, 6) is 5.49. The predicted molar refractivity (Wildman–Crippen MR) is 385 cm³/mol. The maximum atomic E-state index is 9.17. The second-order valence-electron chi connectivity index (χ2n) is 29.3. The number of hydrogen-bond donors (Lipinski definition) is 0. The van der Waals surface area contributed by atoms with Gasteiger partial charge in [-0.1, -0.05) is 211 Å². The standard InChI is InChI=1S/2C30H36N.C29H34N/c1-22-7-3-6-10-29(22)30-20-19-28(21-31(30)2)27-17-15-26(16-18-27)25-13-11-24(12-14-25)23-8-4-5-9-23;1-22-8-6-7-11-29(22)30-19-18-28(21-31(30)2)25-14-12-24(13-15-25)27-17-16-26(20-27)23-9-4-3-5-10-23;1-21-7-3-6-10-28(21)29-18-17-27(20-30(29)2)24-13-11-23(12-14-24)26-16-15-25(19-26)22-8-4-5-9-22/h3,6-7,10,15-21,23-25H,4-5,8-9,11-14H2,1-2H3;6-8,11-15,18-19,21,23,26-27H,3-5,9-10,16-17,20H2,1-2H3;3,6-7,10-14,17-18,20,22,25-26H,4-5,8-9,15-16,19H2,1-2H3/q3*+1/i25D;;26D. The number of aryl methyl sites for hydroxylation is 6. The fourth-order valence-corrected chi connectivity index (χ4v) is 18.0. The van der Waals surface area contributed by atoms with Crippen LogP contribution in [-0.2, 0) is 21.1 Å². The van der Waals surface area contributed by atoms with Crippen molar-refractivity contribution in [1.82, 2.24) is 0 Å². The van der Waals surface area contributed by atoms with Crippen molar-refractivity contribution in [3.63, 3.8) is 0 Å². The molecule has 4 atom stereocenters. The molecule has 6 aromatic carbocycles. The molecule has 0 radical (unpaired) electrons. The molecule has 474 valence electrons. The molecule has 0 amide bonds. The van der Waals surface area contributed by atoms with E-state index in [1.54, 1.807) is 5.56 Å². The molecule has 0 N–H and O–H groups in total. The van der Waals surface area contributed by atoms with Crippen molar-refractivity contribution >= 4 is 0 Å². The van der Waals surface area contributed by atoms with E-state index >= 15 is 0 Å². The minimum Gasteiger partial charge on any atom is -0.200 e. The smallest absolute Gasteiger partial charge is 0.200 e. The van der Waals surface area contributed by atoms with Crippen LogP contribution in [0.2, 0.25) is 0 Å². The van der Waals surface area contributed by atoms with Crippen LogP contribution in [0.5, 0.6) is 0 Å². The highest BCUT2D eigenvalue weighted by Gasteiger charge is 2.35. The van der Waals surface area contributed by atoms with E-state index in [1.165, 1.54) is 217 Å². The second kappa shape index (κ2) is 29.8. The van der Waals surface area contributed by atoms with E-state index in [1.807, 2.05) is 0 Å². The van der Waals surface area contributed by atoms with E-state index in [-0.39, 0.29) is 5.89 Å². The SMILES string of the molecule is Cc1ccccc1-c1ccc(-c2ccc(C3CCC(C4CCCCC4)C3)cc2)c[n+]1C.[2H]C1(c2ccc(-c3ccc(-c4ccccc4C)[n+](C)c3)cc2)CCC(C2CCCC2)C1.[2H]C1(c2ccc(-c3ccc(-c4ccccc4C)[n+](C)c3)cc2)CCC(C2CCCC2)CC1. The first-order valence-electron chi connectivity index (χ1n) is 37.2. The third-order valence-corrected chi connectivity index (χ3v) is 23.5. The van der Waals surface area contributed by atoms with Gasteiger partial charge in [0.15, 0.2) is 18.6 Å². The Balaban J connectivity index is 0.000000128. The van der Waals surface area contributed by atoms with E-state index < -0.39 is 5.89 Å². The number of benzene rings is 6. The fourth-order valence-electron chi connectivity index (χ4n) is 18.0. The number of rotatable bonds is 12. The zero-order valence-corrected chi connectivity index (χ0v) is 56.7. The minimum absolute atomic E-state index is 0.384. The van der Waals surface area contributed by atoms with Gasteiger partial charge in [0.2, 0.25) is 17.1 Å². The molecule has 6 saturated carbocycles. The topological polar surface area (TPSA) is 11.6 Å². The molecule has 3 heterocycles. The molecule has 6 aliphatic carbocycles. The van der Waals surface area contributed by atoms with Crippen molar-refractivity contribution < 1.29 is 16.4 Å². The summed E-state index contributed by atoms with van der Waals surface area (Å²) < 4.78 is 25.0. The summed E-state index contributed by atoms with van der Waals surface area (Å²) in [6.45, 7) is 6.52. The third kappa shape index (κ3) is 14.9. The molecule has 3 nitrogen and oxygen atoms in total. The molecule has 0 bridgehead atoms. The summed E-state index contributed by atoms with van der Waals surface area (Å²) in [7, 11) is 6.41. The molecule has 4 unspecified atom stereocenters. The lowest BCUT2D eigenvalue weighted by molar-refractivity contribution is -0.660. The van der Waals surface area contributed by atoms with Gasteiger partial charge in [0.25, 0.3) is 0 Å². The highest BCUT2D eigenvalue weighted by molar-refractivity contribution is 5.69. The predicted octanol–water partition coefficient (Wildman–Crippen LogP) is 22.5. The Kier molecular flexibility index (Phi) is 19.8. The van der Waals surface area contributed by atoms with E-state index in [4.69, 9.17) is 1.37 Å². The van der Waals surface area contributed by atoms with Crippen LogP contribution < -0.4 is 13.7 Å². The Labute approximate surface area is 557 Å². The van der Waals surface area contributed by atoms with Gasteiger partial charge in [-0.15, -0.1) is 0 Å². The van der Waals surface area contributed by atoms with Gasteiger partial charge in [-0.25, -0.2) is 13.7 Å². The van der Waals surface area contributed by atoms with Crippen molar-refractivity contribution in [2.75, 3.05) is 0 Å². The van der Waals surface area contributed by atoms with Crippen molar-refractivity contribution in [3.05, 3.63) is 234 Å². The van der Waals surface area contributed by atoms with Crippen molar-refractivity contribution in [3.8, 4) is 67.2 Å². The lowest BCUT2D eigenvalue weighted by Crippen LogP contribution is -2.30. The minimum atomic E-state index is -0.396. The van der Waals surface area contributed by atoms with E-state index in [9.17, 15) is 1.37 Å². The summed E-state index contributed by atoms with van der Waals surface area (Å²) in [4.78, 5) is 0. The van der Waals surface area contributed by atoms with Gasteiger partial charge in [0.05, 0.1) is 0 Å². The van der Waals surface area contributed by atoms with Gasteiger partial charge in [-0.05, 0) is 225 Å². The monoisotopic (exact) mass is 1220 g/mol. The van der Waals surface area contributed by atoms with Crippen molar-refractivity contribution in [2.45, 2.75) is 186 Å². The van der Waals surface area contributed by atoms with Gasteiger partial charge >= 0.3 is 0 Å². The summed E-state index contributed by atoms with van der Waals surface area (Å²) in [6, 6.07) is 66.4. The molecule has 3 heteroatoms. The normalized spacial score (nSPS) is 23.9. The van der Waals surface area contributed by atoms with Gasteiger partial charge < -0.3 is 0 Å². The summed E-state index contributed by atoms with van der Waals surface area (Å²) in [5.41, 5.74) is 23.0. The summed E-state index contributed by atoms with van der Waals surface area (Å²) in [5, 5.41) is 0. The van der Waals surface area contributed by atoms with Crippen LogP contribution in [0.15, 0.2) is 201 Å². The first-order valence-corrected chi connectivity index (χ1v) is 36.2. The molecular formula is C89H106N3+3. The van der Waals surface area contributed by atoms with Crippen LogP contribution in [0, 0.1) is 56.3 Å². The maximum absolute atomic E-state index is 9.17. The maximum Gasteiger partial charge on any atom is 0.212 e. The number of pyridine rings is 3. The molecule has 6 fully saturated rings. The average Bonchev–Trinajstić information content (AvgIpc) is 1.31. The quantitative estimate of drug-likeness (QED) is 0.108. The van der Waals surface area contributed by atoms with Gasteiger partial charge in [0.1, 0.15) is 21.1 Å². The van der Waals surface area contributed by atoms with Crippen LogP contribution in [0.3, 0.4) is 0 Å². The van der Waals surface area contributed by atoms with Crippen LogP contribution in [0.1, 0.15) is 202 Å². The average molecular weight is 1220 g/mol. The van der Waals surface area contributed by atoms with Crippen LogP contribution in [0.25, 0.3) is 67.2 Å². The molecule has 6 aliphatic rings. The largest absolute Gasteiger partial charge is 0.212 e. The Morgan fingerprint density at radius 2 is 0.576 bits per heavy atom. The zero-order chi connectivity index (χ0) is 64.8. The first kappa shape index (κ1) is 61.0. The Bertz CT molecular complexity index is 3990. The zero-order valence-electron chi connectivity index (χ0n) is 58.7. The van der Waals surface area contributed by atoms with Crippen molar-refractivity contribution in [2.24, 2.45) is 56.7 Å². The number of hydrogen-bond acceptors (Lipinski definition) is 0. The first-order chi connectivity index (χ1) is 45.8. The summed E-state index contributed by atoms with van der Waals surface area (Å²) >= 11 is 0. The lowest BCUT2D eigenvalue weighted by Gasteiger charge is -2.32. The number of nitrogens with zero attached hydrogens (tertiary/aromatic N) is 3. The fraction of sp³-hybridized carbons (Fsp3) is 0.427. The van der Waals surface area contributed by atoms with E-state index in [0.29, 0.717) is 0 Å². The lowest BCUT2D eigenvalue weighted by atomic mass is 9.73. The molecule has 15 rings (SSSR count). The Hall–Kier alpha value is -7.23.